The van der Waals surface area contributed by atoms with Crippen LogP contribution in [0.5, 0.6) is 0 Å². The quantitative estimate of drug-likeness (QED) is 0.400. The highest BCUT2D eigenvalue weighted by Gasteiger charge is 2.65. The molecule has 0 amide bonds. The largest absolute Gasteiger partial charge is 0.259 e. The lowest BCUT2D eigenvalue weighted by Crippen LogP contribution is -2.38. The Morgan fingerprint density at radius 3 is 2.68 bits per heavy atom. The van der Waals surface area contributed by atoms with Crippen LogP contribution in [-0.2, 0) is 21.0 Å². The van der Waals surface area contributed by atoms with Crippen molar-refractivity contribution in [3.05, 3.63) is 77.5 Å². The number of hydrogen-bond acceptors (Lipinski definition) is 7. The van der Waals surface area contributed by atoms with Crippen molar-refractivity contribution in [2.45, 2.75) is 43.9 Å². The molecule has 1 N–H and O–H groups in total. The van der Waals surface area contributed by atoms with E-state index < -0.39 is 26.8 Å². The maximum atomic E-state index is 14.5. The van der Waals surface area contributed by atoms with Gasteiger partial charge in [-0.1, -0.05) is 19.9 Å². The lowest BCUT2D eigenvalue weighted by Gasteiger charge is -2.37. The monoisotopic (exact) mass is 521 g/mol. The summed E-state index contributed by atoms with van der Waals surface area (Å²) in [5, 5.41) is 13.1. The van der Waals surface area contributed by atoms with Crippen molar-refractivity contribution in [3.63, 3.8) is 0 Å². The Morgan fingerprint density at radius 2 is 1.95 bits per heavy atom. The molecule has 1 saturated carbocycles. The lowest BCUT2D eigenvalue weighted by atomic mass is 9.66. The van der Waals surface area contributed by atoms with Crippen LogP contribution in [0.15, 0.2) is 48.9 Å². The van der Waals surface area contributed by atoms with Crippen molar-refractivity contribution in [2.24, 2.45) is 5.41 Å². The van der Waals surface area contributed by atoms with Gasteiger partial charge in [-0.15, -0.1) is 5.10 Å². The molecule has 4 aromatic rings. The molecule has 3 aromatic heterocycles. The number of benzene rings is 1. The smallest absolute Gasteiger partial charge is 0.162 e. The molecular formula is C26H25F2N7OS. The first-order chi connectivity index (χ1) is 17.5. The molecule has 0 radical (unpaired) electrons. The van der Waals surface area contributed by atoms with Gasteiger partial charge in [-0.3, -0.25) is 9.46 Å². The average Bonchev–Trinajstić information content (AvgIpc) is 3.45. The summed E-state index contributed by atoms with van der Waals surface area (Å²) < 4.78 is 50.0. The molecule has 3 atom stereocenters. The second kappa shape index (κ2) is 7.95. The molecule has 37 heavy (non-hydrogen) atoms. The number of halogens is 2. The molecule has 2 aliphatic rings. The molecule has 0 spiro atoms. The zero-order valence-corrected chi connectivity index (χ0v) is 21.4. The SMILES string of the molecule is CC1(C)[C@H]2CC[C@]1(c1ccnc(-c3cnn(C[S@@](C)(=N)=O)c3)n1)c1nnc(-c3c(F)cccc3F)cc12. The molecular weight excluding hydrogens is 496 g/mol. The molecule has 0 aliphatic heterocycles. The number of rotatable bonds is 5. The van der Waals surface area contributed by atoms with Crippen LogP contribution in [0, 0.1) is 21.8 Å². The van der Waals surface area contributed by atoms with Gasteiger partial charge in [0.25, 0.3) is 0 Å². The number of hydrogen-bond donors (Lipinski definition) is 1. The standard InChI is InChI=1S/C26H25F2N7OS/c1-25(2)17-7-9-26(25,23-16(17)11-20(33-34-23)22-18(27)5-4-6-19(22)28)21-8-10-30-24(32-21)15-12-31-35(13-15)14-37(3,29)36/h4-6,8,10-13,17,29H,7,9,14H2,1-3H3/t17-,26-,37-/m0/s1. The minimum atomic E-state index is -2.76. The third kappa shape index (κ3) is 3.51. The van der Waals surface area contributed by atoms with Crippen LogP contribution in [0.25, 0.3) is 22.6 Å². The van der Waals surface area contributed by atoms with E-state index in [2.05, 4.69) is 34.1 Å². The predicted octanol–water partition coefficient (Wildman–Crippen LogP) is 4.91. The summed E-state index contributed by atoms with van der Waals surface area (Å²) in [5.74, 6) is -0.758. The molecule has 0 saturated heterocycles. The molecule has 6 rings (SSSR count). The molecule has 190 valence electrons. The van der Waals surface area contributed by atoms with E-state index in [9.17, 15) is 13.0 Å². The fraction of sp³-hybridized carbons (Fsp3) is 0.346. The summed E-state index contributed by atoms with van der Waals surface area (Å²) in [4.78, 5) is 9.38. The minimum absolute atomic E-state index is 0.0146. The Hall–Kier alpha value is -3.60. The molecule has 2 bridgehead atoms. The van der Waals surface area contributed by atoms with E-state index in [0.717, 1.165) is 29.8 Å². The lowest BCUT2D eigenvalue weighted by molar-refractivity contribution is 0.243. The van der Waals surface area contributed by atoms with E-state index in [4.69, 9.17) is 9.76 Å². The Kier molecular flexibility index (Phi) is 5.11. The Labute approximate surface area is 213 Å². The van der Waals surface area contributed by atoms with Gasteiger partial charge in [-0.05, 0) is 54.0 Å². The molecule has 1 aromatic carbocycles. The maximum absolute atomic E-state index is 14.5. The highest BCUT2D eigenvalue weighted by Crippen LogP contribution is 2.69. The van der Waals surface area contributed by atoms with Gasteiger partial charge in [0.2, 0.25) is 0 Å². The molecule has 8 nitrogen and oxygen atoms in total. The van der Waals surface area contributed by atoms with Gasteiger partial charge in [0, 0.05) is 18.6 Å². The van der Waals surface area contributed by atoms with E-state index in [1.165, 1.54) is 29.1 Å². The molecule has 2 aliphatic carbocycles. The number of nitrogens with zero attached hydrogens (tertiary/aromatic N) is 6. The van der Waals surface area contributed by atoms with Crippen LogP contribution in [-0.4, -0.2) is 40.4 Å². The van der Waals surface area contributed by atoms with Gasteiger partial charge in [-0.25, -0.2) is 23.0 Å². The fourth-order valence-corrected chi connectivity index (χ4v) is 6.94. The average molecular weight is 522 g/mol. The summed E-state index contributed by atoms with van der Waals surface area (Å²) in [7, 11) is -2.76. The Balaban J connectivity index is 1.45. The van der Waals surface area contributed by atoms with Crippen molar-refractivity contribution < 1.29 is 13.0 Å². The second-order valence-electron chi connectivity index (χ2n) is 10.5. The summed E-state index contributed by atoms with van der Waals surface area (Å²) in [6.07, 6.45) is 8.06. The van der Waals surface area contributed by atoms with Crippen LogP contribution in [0.3, 0.4) is 0 Å². The number of aromatic nitrogens is 6. The highest BCUT2D eigenvalue weighted by molar-refractivity contribution is 7.90. The van der Waals surface area contributed by atoms with Gasteiger partial charge in [0.15, 0.2) is 5.82 Å². The van der Waals surface area contributed by atoms with Crippen LogP contribution < -0.4 is 0 Å². The van der Waals surface area contributed by atoms with Gasteiger partial charge < -0.3 is 0 Å². The number of fused-ring (bicyclic) bond motifs is 5. The Morgan fingerprint density at radius 1 is 1.19 bits per heavy atom. The first kappa shape index (κ1) is 23.8. The van der Waals surface area contributed by atoms with E-state index in [0.29, 0.717) is 11.4 Å². The van der Waals surface area contributed by atoms with E-state index in [1.807, 2.05) is 6.07 Å². The molecule has 11 heteroatoms. The van der Waals surface area contributed by atoms with Gasteiger partial charge in [0.1, 0.15) is 17.5 Å². The Bertz CT molecular complexity index is 1650. The van der Waals surface area contributed by atoms with Crippen molar-refractivity contribution >= 4 is 9.73 Å². The second-order valence-corrected chi connectivity index (χ2v) is 12.8. The van der Waals surface area contributed by atoms with E-state index >= 15 is 0 Å². The van der Waals surface area contributed by atoms with E-state index in [-0.39, 0.29) is 28.5 Å². The first-order valence-corrected chi connectivity index (χ1v) is 14.0. The maximum Gasteiger partial charge on any atom is 0.162 e. The third-order valence-electron chi connectivity index (χ3n) is 7.96. The van der Waals surface area contributed by atoms with Crippen molar-refractivity contribution in [3.8, 4) is 22.6 Å². The zero-order chi connectivity index (χ0) is 26.2. The topological polar surface area (TPSA) is 110 Å². The summed E-state index contributed by atoms with van der Waals surface area (Å²) in [6, 6.07) is 7.45. The molecule has 0 unspecified atom stereocenters. The fourth-order valence-electron chi connectivity index (χ4n) is 6.29. The summed E-state index contributed by atoms with van der Waals surface area (Å²) in [5.41, 5.74) is 2.39. The van der Waals surface area contributed by atoms with Gasteiger partial charge >= 0.3 is 0 Å². The molecule has 3 heterocycles. The molecule has 1 fully saturated rings. The summed E-state index contributed by atoms with van der Waals surface area (Å²) >= 11 is 0. The third-order valence-corrected chi connectivity index (χ3v) is 8.72. The van der Waals surface area contributed by atoms with Gasteiger partial charge in [-0.2, -0.15) is 10.2 Å². The van der Waals surface area contributed by atoms with E-state index in [1.54, 1.807) is 24.7 Å². The highest BCUT2D eigenvalue weighted by atomic mass is 32.2. The number of nitrogens with one attached hydrogen (secondary N) is 1. The first-order valence-electron chi connectivity index (χ1n) is 11.9. The van der Waals surface area contributed by atoms with Crippen molar-refractivity contribution in [1.82, 2.24) is 29.9 Å². The van der Waals surface area contributed by atoms with Crippen LogP contribution in [0.4, 0.5) is 8.78 Å². The van der Waals surface area contributed by atoms with Crippen LogP contribution in [0.2, 0.25) is 0 Å². The predicted molar refractivity (Wildman–Crippen MR) is 134 cm³/mol. The zero-order valence-electron chi connectivity index (χ0n) is 20.6. The van der Waals surface area contributed by atoms with Crippen LogP contribution in [0.1, 0.15) is 49.6 Å². The van der Waals surface area contributed by atoms with Crippen molar-refractivity contribution in [2.75, 3.05) is 6.26 Å². The van der Waals surface area contributed by atoms with Gasteiger partial charge in [0.05, 0.1) is 49.5 Å². The normalized spacial score (nSPS) is 23.1. The van der Waals surface area contributed by atoms with Crippen molar-refractivity contribution in [1.29, 1.82) is 4.78 Å². The van der Waals surface area contributed by atoms with Crippen LogP contribution >= 0.6 is 0 Å². The summed E-state index contributed by atoms with van der Waals surface area (Å²) in [6.45, 7) is 4.36. The minimum Gasteiger partial charge on any atom is -0.259 e.